The van der Waals surface area contributed by atoms with Crippen molar-refractivity contribution in [1.29, 1.82) is 0 Å². The van der Waals surface area contributed by atoms with Gasteiger partial charge in [0, 0.05) is 22.9 Å². The van der Waals surface area contributed by atoms with Crippen LogP contribution in [0.2, 0.25) is 0 Å². The molecule has 0 radical (unpaired) electrons. The van der Waals surface area contributed by atoms with Crippen LogP contribution in [0.25, 0.3) is 21.5 Å². The summed E-state index contributed by atoms with van der Waals surface area (Å²) in [5.41, 5.74) is 9.98. The maximum Gasteiger partial charge on any atom is 0.179 e. The minimum absolute atomic E-state index is 0.000339. The third-order valence-electron chi connectivity index (χ3n) is 4.96. The SMILES string of the molecule is COc1ccc(-c2ccc3c(N)c(C(=O)Cc4ccc(C(C)=O)cc4)sc3n2)cc1. The van der Waals surface area contributed by atoms with E-state index < -0.39 is 0 Å². The number of methoxy groups -OCH3 is 1. The lowest BCUT2D eigenvalue weighted by Gasteiger charge is -2.03. The summed E-state index contributed by atoms with van der Waals surface area (Å²) in [6, 6.07) is 18.6. The molecule has 2 heterocycles. The fourth-order valence-electron chi connectivity index (χ4n) is 3.25. The van der Waals surface area contributed by atoms with Gasteiger partial charge in [-0.3, -0.25) is 9.59 Å². The van der Waals surface area contributed by atoms with Gasteiger partial charge in [0.2, 0.25) is 0 Å². The number of nitrogen functional groups attached to an aromatic ring is 1. The molecule has 0 unspecified atom stereocenters. The summed E-state index contributed by atoms with van der Waals surface area (Å²) in [4.78, 5) is 30.2. The van der Waals surface area contributed by atoms with Gasteiger partial charge in [0.1, 0.15) is 10.6 Å². The molecular formula is C24H20N2O3S. The van der Waals surface area contributed by atoms with Crippen molar-refractivity contribution in [3.05, 3.63) is 76.7 Å². The highest BCUT2D eigenvalue weighted by atomic mass is 32.1. The Morgan fingerprint density at radius 1 is 1.00 bits per heavy atom. The summed E-state index contributed by atoms with van der Waals surface area (Å²) in [6.45, 7) is 1.52. The van der Waals surface area contributed by atoms with E-state index in [-0.39, 0.29) is 18.0 Å². The number of benzene rings is 2. The molecule has 150 valence electrons. The first-order chi connectivity index (χ1) is 14.5. The van der Waals surface area contributed by atoms with E-state index in [1.54, 1.807) is 31.4 Å². The topological polar surface area (TPSA) is 82.3 Å². The molecule has 2 aromatic carbocycles. The van der Waals surface area contributed by atoms with Crippen LogP contribution in [0.5, 0.6) is 5.75 Å². The van der Waals surface area contributed by atoms with Crippen molar-refractivity contribution in [2.24, 2.45) is 0 Å². The smallest absolute Gasteiger partial charge is 0.179 e. The van der Waals surface area contributed by atoms with E-state index in [0.717, 1.165) is 32.8 Å². The third-order valence-corrected chi connectivity index (χ3v) is 6.11. The van der Waals surface area contributed by atoms with Crippen molar-refractivity contribution in [2.45, 2.75) is 13.3 Å². The summed E-state index contributed by atoms with van der Waals surface area (Å²) in [7, 11) is 1.63. The van der Waals surface area contributed by atoms with Crippen molar-refractivity contribution >= 4 is 38.8 Å². The average molecular weight is 417 g/mol. The van der Waals surface area contributed by atoms with Crippen LogP contribution in [0.1, 0.15) is 32.5 Å². The van der Waals surface area contributed by atoms with Gasteiger partial charge in [-0.15, -0.1) is 11.3 Å². The lowest BCUT2D eigenvalue weighted by Crippen LogP contribution is -2.04. The van der Waals surface area contributed by atoms with Gasteiger partial charge >= 0.3 is 0 Å². The number of hydrogen-bond donors (Lipinski definition) is 1. The van der Waals surface area contributed by atoms with E-state index in [4.69, 9.17) is 15.5 Å². The molecule has 4 aromatic rings. The monoisotopic (exact) mass is 416 g/mol. The molecule has 6 heteroatoms. The molecule has 0 saturated carbocycles. The van der Waals surface area contributed by atoms with E-state index in [1.807, 2.05) is 36.4 Å². The van der Waals surface area contributed by atoms with Crippen LogP contribution in [0.15, 0.2) is 60.7 Å². The number of Topliss-reactive ketones (excluding diaryl/α,β-unsaturated/α-hetero) is 2. The molecule has 0 amide bonds. The Kier molecular flexibility index (Phi) is 5.33. The number of thiophene rings is 1. The maximum atomic E-state index is 12.9. The zero-order valence-corrected chi connectivity index (χ0v) is 17.5. The van der Waals surface area contributed by atoms with Crippen LogP contribution in [0, 0.1) is 0 Å². The van der Waals surface area contributed by atoms with Crippen LogP contribution in [0.3, 0.4) is 0 Å². The van der Waals surface area contributed by atoms with Crippen molar-refractivity contribution in [2.75, 3.05) is 12.8 Å². The molecule has 0 saturated heterocycles. The second-order valence-electron chi connectivity index (χ2n) is 6.98. The molecular weight excluding hydrogens is 396 g/mol. The van der Waals surface area contributed by atoms with Gasteiger partial charge in [-0.2, -0.15) is 0 Å². The summed E-state index contributed by atoms with van der Waals surface area (Å²) < 4.78 is 5.20. The predicted molar refractivity (Wildman–Crippen MR) is 121 cm³/mol. The average Bonchev–Trinajstić information content (AvgIpc) is 3.10. The lowest BCUT2D eigenvalue weighted by molar-refractivity contribution is 0.0995. The number of aromatic nitrogens is 1. The first-order valence-electron chi connectivity index (χ1n) is 9.43. The molecule has 0 atom stereocenters. The molecule has 0 fully saturated rings. The first-order valence-corrected chi connectivity index (χ1v) is 10.2. The van der Waals surface area contributed by atoms with Crippen LogP contribution in [-0.4, -0.2) is 23.7 Å². The van der Waals surface area contributed by atoms with E-state index in [9.17, 15) is 9.59 Å². The molecule has 2 aromatic heterocycles. The molecule has 0 bridgehead atoms. The van der Waals surface area contributed by atoms with Gasteiger partial charge in [0.15, 0.2) is 11.6 Å². The van der Waals surface area contributed by atoms with Crippen molar-refractivity contribution in [3.63, 3.8) is 0 Å². The van der Waals surface area contributed by atoms with Gasteiger partial charge in [0.05, 0.1) is 23.4 Å². The number of nitrogens with zero attached hydrogens (tertiary/aromatic N) is 1. The minimum atomic E-state index is -0.0583. The Bertz CT molecular complexity index is 1240. The van der Waals surface area contributed by atoms with E-state index in [2.05, 4.69) is 0 Å². The maximum absolute atomic E-state index is 12.9. The highest BCUT2D eigenvalue weighted by molar-refractivity contribution is 7.21. The zero-order chi connectivity index (χ0) is 21.3. The summed E-state index contributed by atoms with van der Waals surface area (Å²) in [5, 5.41) is 0.785. The van der Waals surface area contributed by atoms with Crippen molar-refractivity contribution in [1.82, 2.24) is 4.98 Å². The quantitative estimate of drug-likeness (QED) is 0.438. The fraction of sp³-hybridized carbons (Fsp3) is 0.125. The fourth-order valence-corrected chi connectivity index (χ4v) is 4.28. The number of hydrogen-bond acceptors (Lipinski definition) is 6. The van der Waals surface area contributed by atoms with Crippen molar-refractivity contribution in [3.8, 4) is 17.0 Å². The molecule has 5 nitrogen and oxygen atoms in total. The number of fused-ring (bicyclic) bond motifs is 1. The van der Waals surface area contributed by atoms with Crippen LogP contribution >= 0.6 is 11.3 Å². The molecule has 0 aliphatic heterocycles. The minimum Gasteiger partial charge on any atom is -0.497 e. The Labute approximate surface area is 178 Å². The highest BCUT2D eigenvalue weighted by Crippen LogP contribution is 2.35. The zero-order valence-electron chi connectivity index (χ0n) is 16.6. The molecule has 0 aliphatic rings. The highest BCUT2D eigenvalue weighted by Gasteiger charge is 2.18. The summed E-state index contributed by atoms with van der Waals surface area (Å²) in [6.07, 6.45) is 0.223. The molecule has 0 spiro atoms. The number of ketones is 2. The number of carbonyl (C=O) groups excluding carboxylic acids is 2. The molecule has 0 aliphatic carbocycles. The third kappa shape index (κ3) is 3.82. The number of ether oxygens (including phenoxy) is 1. The predicted octanol–water partition coefficient (Wildman–Crippen LogP) is 5.18. The number of rotatable bonds is 6. The molecule has 4 rings (SSSR count). The van der Waals surface area contributed by atoms with E-state index in [1.165, 1.54) is 18.3 Å². The first kappa shape index (κ1) is 19.8. The largest absolute Gasteiger partial charge is 0.497 e. The van der Waals surface area contributed by atoms with Gasteiger partial charge in [-0.25, -0.2) is 4.98 Å². The van der Waals surface area contributed by atoms with Gasteiger partial charge in [-0.05, 0) is 48.9 Å². The van der Waals surface area contributed by atoms with Crippen molar-refractivity contribution < 1.29 is 14.3 Å². The lowest BCUT2D eigenvalue weighted by atomic mass is 10.0. The standard InChI is InChI=1S/C24H20N2O3S/c1-14(27)16-5-3-15(4-6-16)13-21(28)23-22(25)19-11-12-20(26-24(19)30-23)17-7-9-18(29-2)10-8-17/h3-12H,13,25H2,1-2H3. The second kappa shape index (κ2) is 8.08. The number of anilines is 1. The Balaban J connectivity index is 1.61. The van der Waals surface area contributed by atoms with Gasteiger partial charge in [-0.1, -0.05) is 24.3 Å². The summed E-state index contributed by atoms with van der Waals surface area (Å²) in [5.74, 6) is 0.724. The van der Waals surface area contributed by atoms with Crippen LogP contribution < -0.4 is 10.5 Å². The number of pyridine rings is 1. The Hall–Kier alpha value is -3.51. The number of carbonyl (C=O) groups is 2. The summed E-state index contributed by atoms with van der Waals surface area (Å²) >= 11 is 1.31. The second-order valence-corrected chi connectivity index (χ2v) is 7.97. The Morgan fingerprint density at radius 3 is 2.33 bits per heavy atom. The normalized spacial score (nSPS) is 10.9. The van der Waals surface area contributed by atoms with Crippen LogP contribution in [0.4, 0.5) is 5.69 Å². The molecule has 30 heavy (non-hydrogen) atoms. The number of nitrogens with two attached hydrogens (primary N) is 1. The van der Waals surface area contributed by atoms with E-state index >= 15 is 0 Å². The van der Waals surface area contributed by atoms with E-state index in [0.29, 0.717) is 16.1 Å². The Morgan fingerprint density at radius 2 is 1.70 bits per heavy atom. The van der Waals surface area contributed by atoms with Gasteiger partial charge in [0.25, 0.3) is 0 Å². The van der Waals surface area contributed by atoms with Gasteiger partial charge < -0.3 is 10.5 Å². The molecule has 2 N–H and O–H groups in total. The van der Waals surface area contributed by atoms with Crippen LogP contribution in [-0.2, 0) is 6.42 Å².